The Kier molecular flexibility index (Phi) is 4.82. The van der Waals surface area contributed by atoms with Crippen LogP contribution in [-0.2, 0) is 0 Å². The first-order valence-electron chi connectivity index (χ1n) is 3.43. The molecule has 0 aromatic heterocycles. The number of nitrogens with two attached hydrogens (primary N) is 1. The zero-order valence-electron chi connectivity index (χ0n) is 7.04. The topological polar surface area (TPSA) is 38.4 Å². The van der Waals surface area contributed by atoms with E-state index in [0.717, 1.165) is 5.57 Å². The summed E-state index contributed by atoms with van der Waals surface area (Å²) in [4.78, 5) is 3.84. The monoisotopic (exact) mass is 150 g/mol. The van der Waals surface area contributed by atoms with Crippen LogP contribution in [0.1, 0.15) is 6.92 Å². The molecule has 0 atom stereocenters. The highest BCUT2D eigenvalue weighted by Crippen LogP contribution is 1.98. The number of hydrogen-bond acceptors (Lipinski definition) is 2. The Bertz CT molecular complexity index is 210. The third-order valence-electron chi connectivity index (χ3n) is 1.17. The van der Waals surface area contributed by atoms with Crippen molar-refractivity contribution >= 4 is 6.21 Å². The number of hydrogen-bond donors (Lipinski definition) is 1. The minimum Gasteiger partial charge on any atom is -0.398 e. The molecule has 11 heavy (non-hydrogen) atoms. The average molecular weight is 150 g/mol. The molecule has 0 aliphatic heterocycles. The van der Waals surface area contributed by atoms with Gasteiger partial charge in [0, 0.05) is 24.5 Å². The second-order valence-electron chi connectivity index (χ2n) is 2.00. The van der Waals surface area contributed by atoms with E-state index in [2.05, 4.69) is 11.6 Å². The molecule has 0 heterocycles. The zero-order valence-corrected chi connectivity index (χ0v) is 7.04. The van der Waals surface area contributed by atoms with E-state index in [1.54, 1.807) is 19.3 Å². The average Bonchev–Trinajstić information content (AvgIpc) is 2.00. The Balaban J connectivity index is 4.66. The second-order valence-corrected chi connectivity index (χ2v) is 2.00. The lowest BCUT2D eigenvalue weighted by Gasteiger charge is -1.95. The number of rotatable bonds is 3. The van der Waals surface area contributed by atoms with Crippen molar-refractivity contribution in [1.29, 1.82) is 0 Å². The highest BCUT2D eigenvalue weighted by atomic mass is 14.6. The van der Waals surface area contributed by atoms with Crippen molar-refractivity contribution in [3.8, 4) is 0 Å². The first kappa shape index (κ1) is 9.69. The van der Waals surface area contributed by atoms with Gasteiger partial charge in [-0.3, -0.25) is 4.99 Å². The summed E-state index contributed by atoms with van der Waals surface area (Å²) in [5.41, 5.74) is 7.20. The van der Waals surface area contributed by atoms with Gasteiger partial charge in [-0.1, -0.05) is 18.7 Å². The summed E-state index contributed by atoms with van der Waals surface area (Å²) < 4.78 is 0. The van der Waals surface area contributed by atoms with E-state index in [4.69, 9.17) is 5.73 Å². The number of nitrogens with zero attached hydrogens (tertiary/aromatic N) is 1. The van der Waals surface area contributed by atoms with Crippen molar-refractivity contribution in [2.24, 2.45) is 10.7 Å². The first-order valence-corrected chi connectivity index (χ1v) is 3.43. The lowest BCUT2D eigenvalue weighted by molar-refractivity contribution is 1.37. The molecule has 0 saturated heterocycles. The SMILES string of the molecule is C=C/C(C=NC)=C(N)\C=C/C. The van der Waals surface area contributed by atoms with E-state index in [9.17, 15) is 0 Å². The Hall–Kier alpha value is -1.31. The van der Waals surface area contributed by atoms with Gasteiger partial charge in [-0.05, 0) is 13.0 Å². The maximum atomic E-state index is 5.66. The van der Waals surface area contributed by atoms with Gasteiger partial charge < -0.3 is 5.73 Å². The van der Waals surface area contributed by atoms with E-state index in [1.165, 1.54) is 0 Å². The Morgan fingerprint density at radius 2 is 2.18 bits per heavy atom. The Morgan fingerprint density at radius 3 is 2.55 bits per heavy atom. The van der Waals surface area contributed by atoms with Crippen molar-refractivity contribution in [2.45, 2.75) is 6.92 Å². The molecule has 2 N–H and O–H groups in total. The van der Waals surface area contributed by atoms with Crippen LogP contribution in [0.15, 0.2) is 41.1 Å². The molecule has 0 aliphatic rings. The molecular weight excluding hydrogens is 136 g/mol. The van der Waals surface area contributed by atoms with Gasteiger partial charge in [0.05, 0.1) is 0 Å². The highest BCUT2D eigenvalue weighted by molar-refractivity contribution is 5.83. The van der Waals surface area contributed by atoms with Crippen molar-refractivity contribution < 1.29 is 0 Å². The number of aliphatic imine (C=N–C) groups is 1. The van der Waals surface area contributed by atoms with Gasteiger partial charge in [-0.25, -0.2) is 0 Å². The molecule has 0 unspecified atom stereocenters. The number of allylic oxidation sites excluding steroid dienone is 4. The van der Waals surface area contributed by atoms with Gasteiger partial charge in [0.15, 0.2) is 0 Å². The highest BCUT2D eigenvalue weighted by Gasteiger charge is 1.89. The minimum absolute atomic E-state index is 0.688. The first-order chi connectivity index (χ1) is 5.26. The fourth-order valence-electron chi connectivity index (χ4n) is 0.660. The van der Waals surface area contributed by atoms with Crippen LogP contribution < -0.4 is 5.73 Å². The van der Waals surface area contributed by atoms with Crippen molar-refractivity contribution in [3.05, 3.63) is 36.1 Å². The molecular formula is C9H14N2. The fraction of sp³-hybridized carbons (Fsp3) is 0.222. The maximum Gasteiger partial charge on any atom is 0.0399 e. The van der Waals surface area contributed by atoms with Crippen LogP contribution in [0.5, 0.6) is 0 Å². The third kappa shape index (κ3) is 3.40. The second kappa shape index (κ2) is 5.47. The molecule has 0 aromatic rings. The van der Waals surface area contributed by atoms with Crippen LogP contribution in [0, 0.1) is 0 Å². The van der Waals surface area contributed by atoms with Gasteiger partial charge in [0.2, 0.25) is 0 Å². The molecule has 0 aliphatic carbocycles. The van der Waals surface area contributed by atoms with E-state index >= 15 is 0 Å². The van der Waals surface area contributed by atoms with E-state index < -0.39 is 0 Å². The lowest BCUT2D eigenvalue weighted by Crippen LogP contribution is -1.98. The van der Waals surface area contributed by atoms with Crippen LogP contribution >= 0.6 is 0 Å². The third-order valence-corrected chi connectivity index (χ3v) is 1.17. The summed E-state index contributed by atoms with van der Waals surface area (Å²) in [6.07, 6.45) is 7.06. The fourth-order valence-corrected chi connectivity index (χ4v) is 0.660. The minimum atomic E-state index is 0.688. The molecule has 0 radical (unpaired) electrons. The molecule has 0 spiro atoms. The Labute approximate surface area is 67.8 Å². The van der Waals surface area contributed by atoms with Gasteiger partial charge in [-0.2, -0.15) is 0 Å². The molecule has 0 rings (SSSR count). The van der Waals surface area contributed by atoms with Crippen LogP contribution in [0.2, 0.25) is 0 Å². The van der Waals surface area contributed by atoms with Gasteiger partial charge in [0.25, 0.3) is 0 Å². The van der Waals surface area contributed by atoms with Gasteiger partial charge in [-0.15, -0.1) is 0 Å². The quantitative estimate of drug-likeness (QED) is 0.482. The van der Waals surface area contributed by atoms with Crippen LogP contribution in [-0.4, -0.2) is 13.3 Å². The largest absolute Gasteiger partial charge is 0.398 e. The predicted octanol–water partition coefficient (Wildman–Crippen LogP) is 1.66. The van der Waals surface area contributed by atoms with Crippen LogP contribution in [0.4, 0.5) is 0 Å². The normalized spacial score (nSPS) is 14.0. The molecule has 0 amide bonds. The summed E-state index contributed by atoms with van der Waals surface area (Å²) in [5.74, 6) is 0. The summed E-state index contributed by atoms with van der Waals surface area (Å²) >= 11 is 0. The molecule has 0 bridgehead atoms. The lowest BCUT2D eigenvalue weighted by atomic mass is 10.2. The van der Waals surface area contributed by atoms with Crippen LogP contribution in [0.25, 0.3) is 0 Å². The molecule has 0 aromatic carbocycles. The van der Waals surface area contributed by atoms with Gasteiger partial charge in [0.1, 0.15) is 0 Å². The summed E-state index contributed by atoms with van der Waals surface area (Å²) in [5, 5.41) is 0. The smallest absolute Gasteiger partial charge is 0.0399 e. The summed E-state index contributed by atoms with van der Waals surface area (Å²) in [6, 6.07) is 0. The van der Waals surface area contributed by atoms with Gasteiger partial charge >= 0.3 is 0 Å². The van der Waals surface area contributed by atoms with Crippen LogP contribution in [0.3, 0.4) is 0 Å². The van der Waals surface area contributed by atoms with Crippen molar-refractivity contribution in [2.75, 3.05) is 7.05 Å². The molecule has 0 fully saturated rings. The zero-order chi connectivity index (χ0) is 8.69. The van der Waals surface area contributed by atoms with E-state index in [0.29, 0.717) is 5.70 Å². The predicted molar refractivity (Wildman–Crippen MR) is 50.6 cm³/mol. The summed E-state index contributed by atoms with van der Waals surface area (Å²) in [6.45, 7) is 5.53. The van der Waals surface area contributed by atoms with Crippen molar-refractivity contribution in [3.63, 3.8) is 0 Å². The Morgan fingerprint density at radius 1 is 1.55 bits per heavy atom. The molecule has 2 nitrogen and oxygen atoms in total. The summed E-state index contributed by atoms with van der Waals surface area (Å²) in [7, 11) is 1.70. The molecule has 60 valence electrons. The van der Waals surface area contributed by atoms with Crippen molar-refractivity contribution in [1.82, 2.24) is 0 Å². The molecule has 2 heteroatoms. The standard InChI is InChI=1S/C9H14N2/c1-4-6-9(10)8(5-2)7-11-3/h4-7H,2,10H2,1,3H3/b6-4-,9-8-,11-7?. The van der Waals surface area contributed by atoms with E-state index in [-0.39, 0.29) is 0 Å². The van der Waals surface area contributed by atoms with E-state index in [1.807, 2.05) is 19.1 Å². The molecule has 0 saturated carbocycles. The maximum absolute atomic E-state index is 5.66.